The summed E-state index contributed by atoms with van der Waals surface area (Å²) in [6.07, 6.45) is 1.52. The second-order valence-electron chi connectivity index (χ2n) is 8.44. The van der Waals surface area contributed by atoms with Crippen LogP contribution >= 0.6 is 11.6 Å². The van der Waals surface area contributed by atoms with E-state index in [2.05, 4.69) is 28.1 Å². The first-order valence-corrected chi connectivity index (χ1v) is 11.6. The number of ether oxygens (including phenoxy) is 1. The van der Waals surface area contributed by atoms with Crippen LogP contribution in [0.25, 0.3) is 22.5 Å². The number of carbonyl (C=O) groups is 3. The van der Waals surface area contributed by atoms with E-state index in [4.69, 9.17) is 16.3 Å². The Kier molecular flexibility index (Phi) is 5.86. The predicted octanol–water partition coefficient (Wildman–Crippen LogP) is 5.58. The molecule has 1 aromatic heterocycles. The van der Waals surface area contributed by atoms with Crippen LogP contribution in [0.15, 0.2) is 72.3 Å². The van der Waals surface area contributed by atoms with E-state index in [-0.39, 0.29) is 16.3 Å². The van der Waals surface area contributed by atoms with Crippen molar-refractivity contribution >= 4 is 52.0 Å². The van der Waals surface area contributed by atoms with Gasteiger partial charge in [-0.3, -0.25) is 14.9 Å². The van der Waals surface area contributed by atoms with Gasteiger partial charge in [0.2, 0.25) is 0 Å². The number of benzene rings is 3. The second kappa shape index (κ2) is 9.02. The molecule has 3 aromatic carbocycles. The van der Waals surface area contributed by atoms with Gasteiger partial charge in [-0.1, -0.05) is 48.0 Å². The maximum Gasteiger partial charge on any atom is 0.335 e. The molecule has 0 radical (unpaired) electrons. The minimum atomic E-state index is -0.843. The van der Waals surface area contributed by atoms with Crippen LogP contribution in [0.5, 0.6) is 5.75 Å². The largest absolute Gasteiger partial charge is 0.495 e. The Balaban J connectivity index is 1.58. The molecule has 2 heterocycles. The van der Waals surface area contributed by atoms with Gasteiger partial charge in [0.25, 0.3) is 11.8 Å². The number of urea groups is 1. The van der Waals surface area contributed by atoms with Gasteiger partial charge in [0, 0.05) is 16.8 Å². The molecule has 0 saturated carbocycles. The average molecular weight is 500 g/mol. The van der Waals surface area contributed by atoms with Crippen molar-refractivity contribution in [2.24, 2.45) is 0 Å². The molecule has 0 bridgehead atoms. The summed E-state index contributed by atoms with van der Waals surface area (Å²) in [7, 11) is 1.47. The molecular weight excluding hydrogens is 478 g/mol. The number of methoxy groups -OCH3 is 1. The molecule has 1 saturated heterocycles. The summed E-state index contributed by atoms with van der Waals surface area (Å²) >= 11 is 6.20. The minimum Gasteiger partial charge on any atom is -0.495 e. The number of hydrogen-bond donors (Lipinski definition) is 1. The number of carbonyl (C=O) groups excluding carboxylic acids is 3. The molecule has 1 aliphatic rings. The van der Waals surface area contributed by atoms with E-state index in [1.165, 1.54) is 25.3 Å². The number of fused-ring (bicyclic) bond motifs is 1. The highest BCUT2D eigenvalue weighted by Crippen LogP contribution is 2.32. The first-order chi connectivity index (χ1) is 17.3. The normalized spacial score (nSPS) is 15.1. The van der Waals surface area contributed by atoms with Gasteiger partial charge in [-0.2, -0.15) is 0 Å². The molecular formula is C28H22ClN3O4. The van der Waals surface area contributed by atoms with E-state index in [0.717, 1.165) is 32.7 Å². The van der Waals surface area contributed by atoms with E-state index in [1.807, 2.05) is 44.2 Å². The number of hydrogen-bond acceptors (Lipinski definition) is 4. The Morgan fingerprint density at radius 2 is 1.69 bits per heavy atom. The zero-order chi connectivity index (χ0) is 25.6. The standard InChI is InChI=1S/C28H22ClN3O4/c1-16-13-19(17(2)31(16)24-10-6-8-18-7-4-5-9-21(18)24)14-22-26(33)30-28(35)32(27(22)34)20-11-12-25(36-3)23(29)15-20/h4-15H,1-3H3,(H,30,33,35)/b22-14-. The lowest BCUT2D eigenvalue weighted by Gasteiger charge is -2.26. The van der Waals surface area contributed by atoms with Crippen molar-refractivity contribution in [3.8, 4) is 11.4 Å². The van der Waals surface area contributed by atoms with E-state index in [1.54, 1.807) is 6.07 Å². The molecule has 1 fully saturated rings. The van der Waals surface area contributed by atoms with Crippen molar-refractivity contribution in [1.29, 1.82) is 0 Å². The van der Waals surface area contributed by atoms with Crippen LogP contribution in [-0.2, 0) is 9.59 Å². The number of rotatable bonds is 4. The number of nitrogens with one attached hydrogen (secondary N) is 1. The van der Waals surface area contributed by atoms with Gasteiger partial charge in [0.15, 0.2) is 0 Å². The third kappa shape index (κ3) is 3.83. The molecule has 1 aliphatic heterocycles. The lowest BCUT2D eigenvalue weighted by molar-refractivity contribution is -0.122. The summed E-state index contributed by atoms with van der Waals surface area (Å²) in [5.74, 6) is -1.09. The Bertz CT molecular complexity index is 1600. The van der Waals surface area contributed by atoms with Crippen LogP contribution in [0, 0.1) is 13.8 Å². The van der Waals surface area contributed by atoms with Crippen LogP contribution in [0.1, 0.15) is 17.0 Å². The lowest BCUT2D eigenvalue weighted by Crippen LogP contribution is -2.54. The zero-order valence-electron chi connectivity index (χ0n) is 19.8. The summed E-state index contributed by atoms with van der Waals surface area (Å²) in [5.41, 5.74) is 3.56. The fraction of sp³-hybridized carbons (Fsp3) is 0.107. The average Bonchev–Trinajstić information content (AvgIpc) is 3.13. The van der Waals surface area contributed by atoms with Gasteiger partial charge < -0.3 is 9.30 Å². The van der Waals surface area contributed by atoms with Gasteiger partial charge in [-0.15, -0.1) is 0 Å². The van der Waals surface area contributed by atoms with Gasteiger partial charge in [-0.25, -0.2) is 9.69 Å². The molecule has 0 spiro atoms. The SMILES string of the molecule is COc1ccc(N2C(=O)NC(=O)/C(=C/c3cc(C)n(-c4cccc5ccccc45)c3C)C2=O)cc1Cl. The molecule has 4 amide bonds. The molecule has 36 heavy (non-hydrogen) atoms. The monoisotopic (exact) mass is 499 g/mol. The number of nitrogens with zero attached hydrogens (tertiary/aromatic N) is 2. The molecule has 180 valence electrons. The van der Waals surface area contributed by atoms with E-state index < -0.39 is 17.8 Å². The van der Waals surface area contributed by atoms with Crippen molar-refractivity contribution in [2.75, 3.05) is 12.0 Å². The third-order valence-electron chi connectivity index (χ3n) is 6.27. The molecule has 8 heteroatoms. The number of aromatic nitrogens is 1. The number of anilines is 1. The number of halogens is 1. The van der Waals surface area contributed by atoms with Crippen LogP contribution in [0.2, 0.25) is 5.02 Å². The predicted molar refractivity (Wildman–Crippen MR) is 140 cm³/mol. The molecule has 0 unspecified atom stereocenters. The number of aryl methyl sites for hydroxylation is 1. The Hall–Kier alpha value is -4.36. The fourth-order valence-electron chi connectivity index (χ4n) is 4.55. The molecule has 0 atom stereocenters. The van der Waals surface area contributed by atoms with Crippen molar-refractivity contribution < 1.29 is 19.1 Å². The van der Waals surface area contributed by atoms with Crippen LogP contribution < -0.4 is 15.0 Å². The van der Waals surface area contributed by atoms with Crippen molar-refractivity contribution in [3.63, 3.8) is 0 Å². The van der Waals surface area contributed by atoms with Gasteiger partial charge in [0.1, 0.15) is 11.3 Å². The topological polar surface area (TPSA) is 80.6 Å². The summed E-state index contributed by atoms with van der Waals surface area (Å²) in [4.78, 5) is 39.5. The fourth-order valence-corrected chi connectivity index (χ4v) is 4.80. The second-order valence-corrected chi connectivity index (χ2v) is 8.84. The quantitative estimate of drug-likeness (QED) is 0.294. The third-order valence-corrected chi connectivity index (χ3v) is 6.57. The summed E-state index contributed by atoms with van der Waals surface area (Å²) in [6.45, 7) is 3.90. The molecule has 7 nitrogen and oxygen atoms in total. The van der Waals surface area contributed by atoms with Crippen LogP contribution in [-0.4, -0.2) is 29.5 Å². The molecule has 0 aliphatic carbocycles. The van der Waals surface area contributed by atoms with Crippen molar-refractivity contribution in [3.05, 3.63) is 94.3 Å². The first-order valence-electron chi connectivity index (χ1n) is 11.2. The number of barbiturate groups is 1. The lowest BCUT2D eigenvalue weighted by atomic mass is 10.1. The summed E-state index contributed by atoms with van der Waals surface area (Å²) in [6, 6.07) is 19.8. The maximum absolute atomic E-state index is 13.4. The summed E-state index contributed by atoms with van der Waals surface area (Å²) in [5, 5.41) is 4.68. The van der Waals surface area contributed by atoms with Crippen molar-refractivity contribution in [1.82, 2.24) is 9.88 Å². The highest BCUT2D eigenvalue weighted by atomic mass is 35.5. The molecule has 4 aromatic rings. The Morgan fingerprint density at radius 1 is 0.944 bits per heavy atom. The smallest absolute Gasteiger partial charge is 0.335 e. The van der Waals surface area contributed by atoms with Crippen molar-refractivity contribution in [2.45, 2.75) is 13.8 Å². The Labute approximate surface area is 212 Å². The van der Waals surface area contributed by atoms with Gasteiger partial charge in [-0.05, 0) is 61.2 Å². The zero-order valence-corrected chi connectivity index (χ0v) is 20.6. The maximum atomic E-state index is 13.4. The summed E-state index contributed by atoms with van der Waals surface area (Å²) < 4.78 is 7.23. The van der Waals surface area contributed by atoms with E-state index in [9.17, 15) is 14.4 Å². The Morgan fingerprint density at radius 3 is 2.44 bits per heavy atom. The molecule has 1 N–H and O–H groups in total. The minimum absolute atomic E-state index is 0.153. The van der Waals surface area contributed by atoms with Crippen LogP contribution in [0.3, 0.4) is 0 Å². The first kappa shape index (κ1) is 23.4. The number of imide groups is 2. The van der Waals surface area contributed by atoms with Gasteiger partial charge >= 0.3 is 6.03 Å². The van der Waals surface area contributed by atoms with E-state index >= 15 is 0 Å². The van der Waals surface area contributed by atoms with Gasteiger partial charge in [0.05, 0.1) is 23.5 Å². The van der Waals surface area contributed by atoms with Crippen LogP contribution in [0.4, 0.5) is 10.5 Å². The highest BCUT2D eigenvalue weighted by Gasteiger charge is 2.37. The van der Waals surface area contributed by atoms with E-state index in [0.29, 0.717) is 11.3 Å². The number of amides is 4. The highest BCUT2D eigenvalue weighted by molar-refractivity contribution is 6.39. The molecule has 5 rings (SSSR count).